The maximum absolute atomic E-state index is 13.3. The van der Waals surface area contributed by atoms with E-state index in [1.807, 2.05) is 15.5 Å². The van der Waals surface area contributed by atoms with Crippen molar-refractivity contribution in [3.63, 3.8) is 0 Å². The number of pyridine rings is 1. The minimum absolute atomic E-state index is 0.157. The van der Waals surface area contributed by atoms with Gasteiger partial charge in [-0.25, -0.2) is 4.98 Å². The normalized spacial score (nSPS) is 13.7. The van der Waals surface area contributed by atoms with Gasteiger partial charge in [-0.3, -0.25) is 14.6 Å². The van der Waals surface area contributed by atoms with Gasteiger partial charge in [0.15, 0.2) is 0 Å². The van der Waals surface area contributed by atoms with E-state index in [2.05, 4.69) is 15.3 Å². The van der Waals surface area contributed by atoms with Crippen LogP contribution in [0.15, 0.2) is 54.7 Å². The van der Waals surface area contributed by atoms with Crippen molar-refractivity contribution in [2.45, 2.75) is 31.9 Å². The van der Waals surface area contributed by atoms with E-state index in [4.69, 9.17) is 16.3 Å². The lowest BCUT2D eigenvalue weighted by atomic mass is 10.1. The first-order valence-corrected chi connectivity index (χ1v) is 13.5. The van der Waals surface area contributed by atoms with Gasteiger partial charge >= 0.3 is 6.18 Å². The molecule has 1 aliphatic rings. The first-order chi connectivity index (χ1) is 19.6. The highest BCUT2D eigenvalue weighted by Gasteiger charge is 2.33. The number of rotatable bonds is 9. The molecule has 4 aromatic rings. The molecular weight excluding hydrogens is 559 g/mol. The molecule has 3 heterocycles. The summed E-state index contributed by atoms with van der Waals surface area (Å²) < 4.78 is 47.6. The third kappa shape index (κ3) is 6.62. The average Bonchev–Trinajstić information content (AvgIpc) is 3.48. The molecule has 41 heavy (non-hydrogen) atoms. The number of nitrogens with zero attached hydrogens (tertiary/aromatic N) is 4. The monoisotopic (exact) mass is 585 g/mol. The Kier molecular flexibility index (Phi) is 8.16. The van der Waals surface area contributed by atoms with Gasteiger partial charge in [0.2, 0.25) is 5.91 Å². The largest absolute Gasteiger partial charge is 0.457 e. The van der Waals surface area contributed by atoms with Gasteiger partial charge in [-0.05, 0) is 48.7 Å². The number of halogens is 4. The highest BCUT2D eigenvalue weighted by molar-refractivity contribution is 6.31. The zero-order valence-corrected chi connectivity index (χ0v) is 22.9. The second-order valence-electron chi connectivity index (χ2n) is 9.80. The number of benzene rings is 2. The molecule has 0 spiro atoms. The fourth-order valence-corrected chi connectivity index (χ4v) is 5.00. The van der Waals surface area contributed by atoms with Gasteiger partial charge in [0.1, 0.15) is 23.0 Å². The molecule has 0 unspecified atom stereocenters. The molecule has 1 N–H and O–H groups in total. The van der Waals surface area contributed by atoms with Crippen molar-refractivity contribution in [2.75, 3.05) is 19.6 Å². The molecule has 1 fully saturated rings. The van der Waals surface area contributed by atoms with E-state index in [1.54, 1.807) is 31.3 Å². The van der Waals surface area contributed by atoms with Crippen LogP contribution in [0.25, 0.3) is 11.0 Å². The van der Waals surface area contributed by atoms with Crippen LogP contribution in [0.5, 0.6) is 11.5 Å². The van der Waals surface area contributed by atoms with E-state index < -0.39 is 11.7 Å². The predicted molar refractivity (Wildman–Crippen MR) is 147 cm³/mol. The molecule has 2 aromatic carbocycles. The standard InChI is InChI=1S/C29H27ClF3N5O3/c1-37-25-8-6-19(16-23(25)36-26(37)15-18-5-7-22(30)21(14-18)29(31,32)33)41-20-9-11-34-24(17-20)28(40)35-10-3-13-38-12-2-4-27(38)39/h5-9,11,14,16-17H,2-4,10,12-13,15H2,1H3,(H,35,40). The fourth-order valence-electron chi connectivity index (χ4n) is 4.77. The van der Waals surface area contributed by atoms with Gasteiger partial charge in [-0.1, -0.05) is 17.7 Å². The van der Waals surface area contributed by atoms with Crippen molar-refractivity contribution in [1.29, 1.82) is 0 Å². The Labute approximate surface area is 239 Å². The predicted octanol–water partition coefficient (Wildman–Crippen LogP) is 5.77. The Bertz CT molecular complexity index is 1600. The van der Waals surface area contributed by atoms with Crippen molar-refractivity contribution in [2.24, 2.45) is 7.05 Å². The molecule has 2 amide bonds. The second-order valence-corrected chi connectivity index (χ2v) is 10.2. The van der Waals surface area contributed by atoms with E-state index in [9.17, 15) is 22.8 Å². The topological polar surface area (TPSA) is 89.3 Å². The maximum atomic E-state index is 13.3. The molecule has 8 nitrogen and oxygen atoms in total. The Morgan fingerprint density at radius 3 is 2.68 bits per heavy atom. The van der Waals surface area contributed by atoms with Gasteiger partial charge in [0, 0.05) is 57.9 Å². The first-order valence-electron chi connectivity index (χ1n) is 13.1. The van der Waals surface area contributed by atoms with E-state index in [-0.39, 0.29) is 29.0 Å². The Hall–Kier alpha value is -4.12. The van der Waals surface area contributed by atoms with Crippen LogP contribution in [0.4, 0.5) is 13.2 Å². The number of carbonyl (C=O) groups excluding carboxylic acids is 2. The van der Waals surface area contributed by atoms with Crippen LogP contribution in [0.1, 0.15) is 46.7 Å². The Morgan fingerprint density at radius 2 is 1.93 bits per heavy atom. The van der Waals surface area contributed by atoms with Crippen molar-refractivity contribution >= 4 is 34.4 Å². The van der Waals surface area contributed by atoms with Gasteiger partial charge < -0.3 is 19.5 Å². The van der Waals surface area contributed by atoms with Crippen LogP contribution in [-0.4, -0.2) is 50.9 Å². The summed E-state index contributed by atoms with van der Waals surface area (Å²) >= 11 is 5.75. The second kappa shape index (κ2) is 11.8. The van der Waals surface area contributed by atoms with E-state index in [1.165, 1.54) is 18.3 Å². The molecule has 0 atom stereocenters. The van der Waals surface area contributed by atoms with Crippen molar-refractivity contribution in [1.82, 2.24) is 24.8 Å². The number of hydrogen-bond donors (Lipinski definition) is 1. The van der Waals surface area contributed by atoms with Crippen LogP contribution in [0, 0.1) is 0 Å². The lowest BCUT2D eigenvalue weighted by Crippen LogP contribution is -2.30. The molecule has 12 heteroatoms. The summed E-state index contributed by atoms with van der Waals surface area (Å²) in [4.78, 5) is 34.8. The zero-order valence-electron chi connectivity index (χ0n) is 22.2. The maximum Gasteiger partial charge on any atom is 0.417 e. The summed E-state index contributed by atoms with van der Waals surface area (Å²) in [5.41, 5.74) is 1.14. The minimum atomic E-state index is -4.55. The quantitative estimate of drug-likeness (QED) is 0.252. The minimum Gasteiger partial charge on any atom is -0.457 e. The molecule has 0 aliphatic carbocycles. The molecule has 0 bridgehead atoms. The number of alkyl halides is 3. The molecule has 214 valence electrons. The third-order valence-corrected chi connectivity index (χ3v) is 7.23. The summed E-state index contributed by atoms with van der Waals surface area (Å²) in [7, 11) is 1.79. The number of aromatic nitrogens is 3. The number of aryl methyl sites for hydroxylation is 1. The third-order valence-electron chi connectivity index (χ3n) is 6.90. The smallest absolute Gasteiger partial charge is 0.417 e. The summed E-state index contributed by atoms with van der Waals surface area (Å²) in [6.45, 7) is 1.80. The molecule has 1 aliphatic heterocycles. The molecular formula is C29H27ClF3N5O3. The van der Waals surface area contributed by atoms with E-state index in [0.717, 1.165) is 24.5 Å². The molecule has 0 saturated carbocycles. The number of imidazole rings is 1. The number of nitrogens with one attached hydrogen (secondary N) is 1. The van der Waals surface area contributed by atoms with Crippen molar-refractivity contribution < 1.29 is 27.5 Å². The van der Waals surface area contributed by atoms with Gasteiger partial charge in [0.05, 0.1) is 21.6 Å². The van der Waals surface area contributed by atoms with Gasteiger partial charge in [0.25, 0.3) is 5.91 Å². The van der Waals surface area contributed by atoms with Gasteiger partial charge in [-0.15, -0.1) is 0 Å². The highest BCUT2D eigenvalue weighted by Crippen LogP contribution is 2.35. The number of likely N-dealkylation sites (tertiary alicyclic amines) is 1. The number of fused-ring (bicyclic) bond motifs is 1. The number of carbonyl (C=O) groups is 2. The molecule has 1 saturated heterocycles. The van der Waals surface area contributed by atoms with Crippen molar-refractivity contribution in [3.8, 4) is 11.5 Å². The Balaban J connectivity index is 1.24. The molecule has 0 radical (unpaired) electrons. The number of amides is 2. The van der Waals surface area contributed by atoms with Gasteiger partial charge in [-0.2, -0.15) is 13.2 Å². The zero-order chi connectivity index (χ0) is 29.1. The van der Waals surface area contributed by atoms with E-state index >= 15 is 0 Å². The average molecular weight is 586 g/mol. The number of hydrogen-bond acceptors (Lipinski definition) is 5. The van der Waals surface area contributed by atoms with Crippen LogP contribution >= 0.6 is 11.6 Å². The van der Waals surface area contributed by atoms with E-state index in [0.29, 0.717) is 54.3 Å². The summed E-state index contributed by atoms with van der Waals surface area (Å²) in [5.74, 6) is 1.27. The molecule has 5 rings (SSSR count). The fraction of sp³-hybridized carbons (Fsp3) is 0.310. The lowest BCUT2D eigenvalue weighted by Gasteiger charge is -2.15. The van der Waals surface area contributed by atoms with Crippen molar-refractivity contribution in [3.05, 3.63) is 82.4 Å². The SMILES string of the molecule is Cn1c(Cc2ccc(Cl)c(C(F)(F)F)c2)nc2cc(Oc3ccnc(C(=O)NCCCN4CCCC4=O)c3)ccc21. The first kappa shape index (κ1) is 28.4. The van der Waals surface area contributed by atoms with Crippen LogP contribution < -0.4 is 10.1 Å². The Morgan fingerprint density at radius 1 is 1.12 bits per heavy atom. The summed E-state index contributed by atoms with van der Waals surface area (Å²) in [6.07, 6.45) is -0.765. The molecule has 2 aromatic heterocycles. The number of ether oxygens (including phenoxy) is 1. The van der Waals surface area contributed by atoms with Crippen LogP contribution in [0.3, 0.4) is 0 Å². The highest BCUT2D eigenvalue weighted by atomic mass is 35.5. The summed E-state index contributed by atoms with van der Waals surface area (Å²) in [6, 6.07) is 12.3. The van der Waals surface area contributed by atoms with Crippen LogP contribution in [0.2, 0.25) is 5.02 Å². The summed E-state index contributed by atoms with van der Waals surface area (Å²) in [5, 5.41) is 2.47. The lowest BCUT2D eigenvalue weighted by molar-refractivity contribution is -0.137. The van der Waals surface area contributed by atoms with Crippen LogP contribution in [-0.2, 0) is 24.4 Å².